The first-order valence-corrected chi connectivity index (χ1v) is 4.41. The van der Waals surface area contributed by atoms with Crippen molar-refractivity contribution in [3.8, 4) is 0 Å². The zero-order valence-electron chi connectivity index (χ0n) is 8.27. The summed E-state index contributed by atoms with van der Waals surface area (Å²) in [5, 5.41) is 4.77. The van der Waals surface area contributed by atoms with Crippen LogP contribution in [0.2, 0.25) is 5.15 Å². The first-order valence-electron chi connectivity index (χ1n) is 4.03. The molecule has 12 heavy (non-hydrogen) atoms. The normalized spacial score (nSPS) is 12.2. The van der Waals surface area contributed by atoms with Crippen LogP contribution in [-0.2, 0) is 12.5 Å². The minimum atomic E-state index is 0.110. The maximum atomic E-state index is 5.91. The summed E-state index contributed by atoms with van der Waals surface area (Å²) in [6.07, 6.45) is 0. The van der Waals surface area contributed by atoms with Crippen LogP contribution < -0.4 is 0 Å². The lowest BCUT2D eigenvalue weighted by Gasteiger charge is -2.19. The van der Waals surface area contributed by atoms with Crippen molar-refractivity contribution >= 4 is 11.6 Å². The third-order valence-electron chi connectivity index (χ3n) is 1.94. The summed E-state index contributed by atoms with van der Waals surface area (Å²) < 4.78 is 1.86. The van der Waals surface area contributed by atoms with Gasteiger partial charge in [-0.1, -0.05) is 32.4 Å². The highest BCUT2D eigenvalue weighted by Gasteiger charge is 2.22. The minimum absolute atomic E-state index is 0.110. The highest BCUT2D eigenvalue weighted by atomic mass is 35.5. The van der Waals surface area contributed by atoms with E-state index in [0.717, 1.165) is 5.56 Å². The molecule has 1 heterocycles. The monoisotopic (exact) mass is 186 g/mol. The largest absolute Gasteiger partial charge is 0.270 e. The summed E-state index contributed by atoms with van der Waals surface area (Å²) >= 11 is 5.91. The molecule has 0 N–H and O–H groups in total. The van der Waals surface area contributed by atoms with Crippen LogP contribution in [0.1, 0.15) is 32.0 Å². The van der Waals surface area contributed by atoms with Gasteiger partial charge in [0.05, 0.1) is 0 Å². The van der Waals surface area contributed by atoms with Gasteiger partial charge in [-0.15, -0.1) is 0 Å². The van der Waals surface area contributed by atoms with E-state index in [4.69, 9.17) is 11.6 Å². The smallest absolute Gasteiger partial charge is 0.154 e. The van der Waals surface area contributed by atoms with Crippen LogP contribution in [0.15, 0.2) is 0 Å². The van der Waals surface area contributed by atoms with Crippen molar-refractivity contribution in [2.75, 3.05) is 0 Å². The molecule has 2 nitrogen and oxygen atoms in total. The van der Waals surface area contributed by atoms with E-state index >= 15 is 0 Å². The third kappa shape index (κ3) is 1.48. The van der Waals surface area contributed by atoms with Crippen LogP contribution >= 0.6 is 11.6 Å². The number of aryl methyl sites for hydroxylation is 1. The zero-order chi connectivity index (χ0) is 9.52. The molecule has 0 bridgehead atoms. The molecule has 3 heteroatoms. The van der Waals surface area contributed by atoms with Gasteiger partial charge in [0.25, 0.3) is 0 Å². The van der Waals surface area contributed by atoms with Crippen LogP contribution in [0.5, 0.6) is 0 Å². The van der Waals surface area contributed by atoms with Crippen molar-refractivity contribution in [2.24, 2.45) is 7.05 Å². The summed E-state index contributed by atoms with van der Waals surface area (Å²) in [4.78, 5) is 0. The maximum absolute atomic E-state index is 5.91. The molecule has 0 radical (unpaired) electrons. The molecule has 0 aliphatic heterocycles. The van der Waals surface area contributed by atoms with Crippen LogP contribution in [0.3, 0.4) is 0 Å². The first kappa shape index (κ1) is 9.59. The van der Waals surface area contributed by atoms with Gasteiger partial charge in [-0.3, -0.25) is 4.68 Å². The lowest BCUT2D eigenvalue weighted by atomic mass is 9.90. The molecule has 0 spiro atoms. The molecule has 0 aliphatic carbocycles. The predicted molar refractivity (Wildman–Crippen MR) is 51.7 cm³/mol. The molecule has 0 atom stereocenters. The van der Waals surface area contributed by atoms with Gasteiger partial charge >= 0.3 is 0 Å². The average molecular weight is 187 g/mol. The van der Waals surface area contributed by atoms with Gasteiger partial charge < -0.3 is 0 Å². The van der Waals surface area contributed by atoms with Gasteiger partial charge in [0.1, 0.15) is 0 Å². The SMILES string of the molecule is Cc1c(Cl)nn(C)c1C(C)(C)C. The van der Waals surface area contributed by atoms with E-state index < -0.39 is 0 Å². The van der Waals surface area contributed by atoms with E-state index in [1.54, 1.807) is 0 Å². The lowest BCUT2D eigenvalue weighted by Crippen LogP contribution is -2.17. The Morgan fingerprint density at radius 1 is 1.33 bits per heavy atom. The van der Waals surface area contributed by atoms with Crippen LogP contribution in [0, 0.1) is 6.92 Å². The second-order valence-electron chi connectivity index (χ2n) is 4.14. The summed E-state index contributed by atoms with van der Waals surface area (Å²) in [5.74, 6) is 0. The fourth-order valence-electron chi connectivity index (χ4n) is 1.65. The lowest BCUT2D eigenvalue weighted by molar-refractivity contribution is 0.520. The Morgan fingerprint density at radius 2 is 1.83 bits per heavy atom. The van der Waals surface area contributed by atoms with Crippen molar-refractivity contribution in [2.45, 2.75) is 33.1 Å². The summed E-state index contributed by atoms with van der Waals surface area (Å²) in [5.41, 5.74) is 2.40. The van der Waals surface area contributed by atoms with Crippen molar-refractivity contribution in [3.63, 3.8) is 0 Å². The van der Waals surface area contributed by atoms with E-state index in [1.807, 2.05) is 18.7 Å². The standard InChI is InChI=1S/C9H15ClN2/c1-6-7(9(2,3)4)12(5)11-8(6)10/h1-5H3. The Morgan fingerprint density at radius 3 is 2.00 bits per heavy atom. The summed E-state index contributed by atoms with van der Waals surface area (Å²) in [6.45, 7) is 8.49. The van der Waals surface area contributed by atoms with Gasteiger partial charge in [-0.25, -0.2) is 0 Å². The highest BCUT2D eigenvalue weighted by Crippen LogP contribution is 2.28. The Kier molecular flexibility index (Phi) is 2.21. The van der Waals surface area contributed by atoms with Crippen molar-refractivity contribution < 1.29 is 0 Å². The Balaban J connectivity index is 3.32. The Bertz CT molecular complexity index is 294. The van der Waals surface area contributed by atoms with Crippen LogP contribution in [0.25, 0.3) is 0 Å². The molecule has 0 amide bonds. The van der Waals surface area contributed by atoms with Crippen molar-refractivity contribution in [1.82, 2.24) is 9.78 Å². The van der Waals surface area contributed by atoms with Gasteiger partial charge in [-0.05, 0) is 6.92 Å². The van der Waals surface area contributed by atoms with E-state index in [1.165, 1.54) is 5.69 Å². The molecular weight excluding hydrogens is 172 g/mol. The Labute approximate surface area is 78.5 Å². The molecule has 0 saturated heterocycles. The second kappa shape index (κ2) is 2.77. The second-order valence-corrected chi connectivity index (χ2v) is 4.50. The van der Waals surface area contributed by atoms with Crippen LogP contribution in [0.4, 0.5) is 0 Å². The molecule has 68 valence electrons. The highest BCUT2D eigenvalue weighted by molar-refractivity contribution is 6.30. The number of aromatic nitrogens is 2. The molecule has 0 fully saturated rings. The molecule has 1 aromatic heterocycles. The van der Waals surface area contributed by atoms with Gasteiger partial charge in [0, 0.05) is 23.7 Å². The topological polar surface area (TPSA) is 17.8 Å². The van der Waals surface area contributed by atoms with Crippen LogP contribution in [-0.4, -0.2) is 9.78 Å². The number of nitrogens with zero attached hydrogens (tertiary/aromatic N) is 2. The van der Waals surface area contributed by atoms with Crippen molar-refractivity contribution in [3.05, 3.63) is 16.4 Å². The molecule has 0 saturated carbocycles. The maximum Gasteiger partial charge on any atom is 0.154 e. The number of rotatable bonds is 0. The molecule has 0 unspecified atom stereocenters. The minimum Gasteiger partial charge on any atom is -0.270 e. The summed E-state index contributed by atoms with van der Waals surface area (Å²) in [7, 11) is 1.93. The van der Waals surface area contributed by atoms with E-state index in [-0.39, 0.29) is 5.41 Å². The first-order chi connectivity index (χ1) is 5.34. The van der Waals surface area contributed by atoms with Gasteiger partial charge in [0.15, 0.2) is 5.15 Å². The molecular formula is C9H15ClN2. The molecule has 0 aromatic carbocycles. The van der Waals surface area contributed by atoms with Gasteiger partial charge in [-0.2, -0.15) is 5.10 Å². The number of halogens is 1. The zero-order valence-corrected chi connectivity index (χ0v) is 9.03. The van der Waals surface area contributed by atoms with E-state index in [0.29, 0.717) is 5.15 Å². The fraction of sp³-hybridized carbons (Fsp3) is 0.667. The fourth-order valence-corrected chi connectivity index (χ4v) is 1.85. The van der Waals surface area contributed by atoms with Crippen molar-refractivity contribution in [1.29, 1.82) is 0 Å². The Hall–Kier alpha value is -0.500. The number of hydrogen-bond donors (Lipinski definition) is 0. The van der Waals surface area contributed by atoms with Gasteiger partial charge in [0.2, 0.25) is 0 Å². The predicted octanol–water partition coefficient (Wildman–Crippen LogP) is 2.68. The molecule has 1 aromatic rings. The average Bonchev–Trinajstić information content (AvgIpc) is 2.05. The third-order valence-corrected chi connectivity index (χ3v) is 2.30. The quantitative estimate of drug-likeness (QED) is 0.609. The van der Waals surface area contributed by atoms with E-state index in [2.05, 4.69) is 25.9 Å². The summed E-state index contributed by atoms with van der Waals surface area (Å²) in [6, 6.07) is 0. The molecule has 1 rings (SSSR count). The van der Waals surface area contributed by atoms with E-state index in [9.17, 15) is 0 Å². The number of hydrogen-bond acceptors (Lipinski definition) is 1. The molecule has 0 aliphatic rings.